The van der Waals surface area contributed by atoms with Gasteiger partial charge >= 0.3 is 21.1 Å². The monoisotopic (exact) mass is 908 g/mol. The van der Waals surface area contributed by atoms with E-state index in [2.05, 4.69) is 223 Å². The minimum atomic E-state index is 0. The summed E-state index contributed by atoms with van der Waals surface area (Å²) in [6, 6.07) is 0. The normalized spacial score (nSPS) is 9.43. The topological polar surface area (TPSA) is 156 Å². The summed E-state index contributed by atoms with van der Waals surface area (Å²) in [5, 5.41) is 0. The Labute approximate surface area is 340 Å². The zero-order valence-electron chi connectivity index (χ0n) is 24.4. The summed E-state index contributed by atoms with van der Waals surface area (Å²) in [5.74, 6) is 4.75. The van der Waals surface area contributed by atoms with Crippen LogP contribution in [0.2, 0.25) is 0 Å². The molecule has 6 nitrogen and oxygen atoms in total. The van der Waals surface area contributed by atoms with Crippen LogP contribution in [0.4, 0.5) is 0 Å². The van der Waals surface area contributed by atoms with Crippen LogP contribution in [0.5, 0.6) is 0 Å². The Hall–Kier alpha value is 1.70. The molecule has 0 aromatic heterocycles. The molecule has 2 atom stereocenters. The minimum absolute atomic E-state index is 0. The van der Waals surface area contributed by atoms with Gasteiger partial charge in [0.15, 0.2) is 0 Å². The number of nitrogens with two attached hydrogens (primary N) is 6. The number of hydrogen-bond donors (Lipinski definition) is 6. The molecule has 2 unspecified atom stereocenters. The molecular formula is C22H46MoN6S13. The smallest absolute Gasteiger partial charge is 0.415 e. The van der Waals surface area contributed by atoms with Gasteiger partial charge < -0.3 is 183 Å². The minimum Gasteiger partial charge on any atom is -0.415 e. The van der Waals surface area contributed by atoms with Gasteiger partial charge in [0.1, 0.15) is 0 Å². The first-order chi connectivity index (χ1) is 18.7. The van der Waals surface area contributed by atoms with Crippen LogP contribution in [0.15, 0.2) is 0 Å². The third-order valence-corrected chi connectivity index (χ3v) is 5.21. The summed E-state index contributed by atoms with van der Waals surface area (Å²) >= 11 is 51.8. The molecule has 0 fully saturated rings. The van der Waals surface area contributed by atoms with Crippen molar-refractivity contribution < 1.29 is 21.1 Å². The zero-order chi connectivity index (χ0) is 34.4. The van der Waals surface area contributed by atoms with Crippen molar-refractivity contribution in [3.63, 3.8) is 0 Å². The average molecular weight is 907 g/mol. The van der Waals surface area contributed by atoms with Crippen molar-refractivity contribution in [3.8, 4) is 0 Å². The second-order valence-electron chi connectivity index (χ2n) is 7.28. The van der Waals surface area contributed by atoms with Gasteiger partial charge in [0.25, 0.3) is 0 Å². The Kier molecular flexibility index (Phi) is 82.1. The van der Waals surface area contributed by atoms with Crippen LogP contribution in [-0.2, 0) is 96.8 Å². The van der Waals surface area contributed by atoms with E-state index in [1.54, 1.807) is 0 Å². The van der Waals surface area contributed by atoms with E-state index in [4.69, 9.17) is 0 Å². The molecule has 248 valence electrons. The Morgan fingerprint density at radius 3 is 0.786 bits per heavy atom. The van der Waals surface area contributed by atoms with Gasteiger partial charge in [0.05, 0.1) is 0 Å². The third-order valence-electron chi connectivity index (χ3n) is 3.79. The molecular weight excluding hydrogens is 861 g/mol. The molecule has 0 saturated heterocycles. The molecule has 20 heteroatoms. The van der Waals surface area contributed by atoms with Crippen molar-refractivity contribution in [3.05, 3.63) is 0 Å². The molecule has 0 radical (unpaired) electrons. The van der Waals surface area contributed by atoms with E-state index in [0.717, 1.165) is 11.8 Å². The third kappa shape index (κ3) is 178. The van der Waals surface area contributed by atoms with Crippen LogP contribution < -0.4 is 34.4 Å². The number of unbranched alkanes of at least 4 members (excludes halogenated alkanes) is 2. The van der Waals surface area contributed by atoms with E-state index in [1.807, 2.05) is 0 Å². The van der Waals surface area contributed by atoms with Gasteiger partial charge in [0.2, 0.25) is 0 Å². The molecule has 0 heterocycles. The molecule has 0 aromatic rings. The summed E-state index contributed by atoms with van der Waals surface area (Å²) in [4.78, 5) is 0. The molecule has 42 heavy (non-hydrogen) atoms. The van der Waals surface area contributed by atoms with Crippen LogP contribution in [0.3, 0.4) is 0 Å². The Morgan fingerprint density at radius 1 is 0.500 bits per heavy atom. The van der Waals surface area contributed by atoms with E-state index in [-0.39, 0.29) is 47.0 Å². The standard InChI is InChI=1S/C16H34S.6CH3NS2.Mo/c1-5-9-11-15(7-3)13-17-14-16(8-4)12-10-6-2;6*2-1(3)4;/h15-16H,5-14H2,1-4H3;6*(H3,2,3,4);/q;;;;;;;+6/p-6. The number of thioether (sulfide) groups is 1. The predicted molar refractivity (Wildman–Crippen MR) is 229 cm³/mol. The molecule has 12 N–H and O–H groups in total. The molecule has 0 spiro atoms. The van der Waals surface area contributed by atoms with Crippen molar-refractivity contribution in [2.75, 3.05) is 11.5 Å². The summed E-state index contributed by atoms with van der Waals surface area (Å²) in [6.07, 6.45) is 11.2. The second kappa shape index (κ2) is 55.1. The summed E-state index contributed by atoms with van der Waals surface area (Å²) < 4.78 is 0.500. The summed E-state index contributed by atoms with van der Waals surface area (Å²) in [6.45, 7) is 9.32. The first-order valence-electron chi connectivity index (χ1n) is 12.0. The van der Waals surface area contributed by atoms with Crippen LogP contribution in [0.25, 0.3) is 0 Å². The molecule has 0 saturated carbocycles. The van der Waals surface area contributed by atoms with Crippen molar-refractivity contribution in [2.24, 2.45) is 46.2 Å². The number of thiocarbonyl (C=S) groups is 6. The fourth-order valence-corrected chi connectivity index (χ4v) is 3.81. The fourth-order valence-electron chi connectivity index (χ4n) is 2.20. The van der Waals surface area contributed by atoms with Crippen molar-refractivity contribution >= 4 is 187 Å². The summed E-state index contributed by atoms with van der Waals surface area (Å²) in [7, 11) is 0. The number of hydrogen-bond acceptors (Lipinski definition) is 13. The predicted octanol–water partition coefficient (Wildman–Crippen LogP) is 4.81. The van der Waals surface area contributed by atoms with Crippen LogP contribution in [0, 0.1) is 11.8 Å². The largest absolute Gasteiger partial charge is 6.00 e. The van der Waals surface area contributed by atoms with E-state index < -0.39 is 0 Å². The van der Waals surface area contributed by atoms with Gasteiger partial charge in [-0.2, -0.15) is 11.8 Å². The number of rotatable bonds is 12. The van der Waals surface area contributed by atoms with E-state index in [9.17, 15) is 0 Å². The maximum absolute atomic E-state index is 4.66. The van der Waals surface area contributed by atoms with Gasteiger partial charge in [-0.25, -0.2) is 0 Å². The average Bonchev–Trinajstić information content (AvgIpc) is 2.76. The fraction of sp³-hybridized carbons (Fsp3) is 0.727. The van der Waals surface area contributed by atoms with Crippen molar-refractivity contribution in [2.45, 2.75) is 79.1 Å². The van der Waals surface area contributed by atoms with E-state index >= 15 is 0 Å². The molecule has 0 amide bonds. The van der Waals surface area contributed by atoms with Crippen molar-refractivity contribution in [1.82, 2.24) is 0 Å². The molecule has 0 bridgehead atoms. The van der Waals surface area contributed by atoms with Crippen molar-refractivity contribution in [1.29, 1.82) is 0 Å². The van der Waals surface area contributed by atoms with Gasteiger partial charge in [-0.3, -0.25) is 0 Å². The van der Waals surface area contributed by atoms with Gasteiger partial charge in [-0.05, 0) is 36.2 Å². The quantitative estimate of drug-likeness (QED) is 0.0901. The maximum atomic E-state index is 4.66. The van der Waals surface area contributed by atoms with Crippen LogP contribution in [-0.4, -0.2) is 37.4 Å². The molecule has 0 aliphatic rings. The SMILES string of the molecule is CCCCC(CC)CSCC(CC)CCCC.NC(=S)[S-].NC(=S)[S-].NC(=S)[S-].NC(=S)[S-].NC(=S)[S-].NC(=S)[S-].[Mo+6]. The van der Waals surface area contributed by atoms with Crippen LogP contribution >= 0.6 is 85.1 Å². The molecule has 0 aromatic carbocycles. The Morgan fingerprint density at radius 2 is 0.667 bits per heavy atom. The molecule has 0 aliphatic carbocycles. The van der Waals surface area contributed by atoms with Gasteiger partial charge in [0, 0.05) is 0 Å². The second-order valence-corrected chi connectivity index (χ2v) is 15.2. The first kappa shape index (κ1) is 62.5. The van der Waals surface area contributed by atoms with Gasteiger partial charge in [-0.15, -0.1) is 0 Å². The van der Waals surface area contributed by atoms with E-state index in [0.29, 0.717) is 0 Å². The summed E-state index contributed by atoms with van der Waals surface area (Å²) in [5.41, 5.74) is 27.9. The molecule has 0 rings (SSSR count). The van der Waals surface area contributed by atoms with E-state index in [1.165, 1.54) is 62.9 Å². The van der Waals surface area contributed by atoms with Gasteiger partial charge in [-0.1, -0.05) is 92.1 Å². The molecule has 0 aliphatic heterocycles. The zero-order valence-corrected chi connectivity index (χ0v) is 37.0. The maximum Gasteiger partial charge on any atom is 6.00 e. The van der Waals surface area contributed by atoms with Crippen LogP contribution in [0.1, 0.15) is 79.1 Å². The Bertz CT molecular complexity index is 515. The Balaban J connectivity index is -0.0000000631. The first-order valence-corrected chi connectivity index (χ1v) is 18.1.